The summed E-state index contributed by atoms with van der Waals surface area (Å²) in [6.45, 7) is 5.41. The lowest BCUT2D eigenvalue weighted by Gasteiger charge is -2.36. The van der Waals surface area contributed by atoms with Crippen molar-refractivity contribution in [3.8, 4) is 0 Å². The SMILES string of the molecule is CC(=N)/C(=N\O)C(=O)N[C@H](C(=O)Nc1ccc2c(c1)CC(C(=O)Nc1ccc(C(F)(F)F)c(Cl)c1)(N1C[C@@H](C(C)C)NC1=O)C2)C(C1CC1)C1CC1. The Morgan fingerprint density at radius 1 is 1.02 bits per heavy atom. The van der Waals surface area contributed by atoms with E-state index in [4.69, 9.17) is 17.0 Å². The number of benzene rings is 2. The minimum atomic E-state index is -4.68. The Morgan fingerprint density at radius 3 is 2.17 bits per heavy atom. The number of nitrogens with one attached hydrogen (secondary N) is 5. The van der Waals surface area contributed by atoms with Crippen LogP contribution in [0, 0.1) is 29.1 Å². The lowest BCUT2D eigenvalue weighted by atomic mass is 9.88. The smallest absolute Gasteiger partial charge is 0.410 e. The maximum Gasteiger partial charge on any atom is 0.417 e. The van der Waals surface area contributed by atoms with E-state index >= 15 is 0 Å². The first-order chi connectivity index (χ1) is 24.5. The average molecular weight is 744 g/mol. The summed E-state index contributed by atoms with van der Waals surface area (Å²) in [5.41, 5.74) is -1.40. The van der Waals surface area contributed by atoms with Gasteiger partial charge in [0.1, 0.15) is 11.6 Å². The molecule has 0 spiro atoms. The normalized spacial score (nSPS) is 22.2. The van der Waals surface area contributed by atoms with Crippen molar-refractivity contribution in [1.29, 1.82) is 5.41 Å². The van der Waals surface area contributed by atoms with Gasteiger partial charge in [-0.3, -0.25) is 14.4 Å². The fourth-order valence-corrected chi connectivity index (χ4v) is 7.82. The number of nitrogens with zero attached hydrogens (tertiary/aromatic N) is 2. The number of amides is 5. The molecule has 3 fully saturated rings. The zero-order valence-electron chi connectivity index (χ0n) is 28.9. The molecule has 1 aliphatic heterocycles. The summed E-state index contributed by atoms with van der Waals surface area (Å²) in [7, 11) is 0. The Kier molecular flexibility index (Phi) is 10.0. The maximum atomic E-state index is 14.3. The number of alkyl halides is 3. The van der Waals surface area contributed by atoms with E-state index < -0.39 is 57.8 Å². The van der Waals surface area contributed by atoms with E-state index in [9.17, 15) is 37.6 Å². The minimum absolute atomic E-state index is 0.0351. The summed E-state index contributed by atoms with van der Waals surface area (Å²) in [5, 5.41) is 30.8. The fraction of sp³-hybridized carbons (Fsp3) is 0.500. The van der Waals surface area contributed by atoms with Gasteiger partial charge < -0.3 is 36.8 Å². The van der Waals surface area contributed by atoms with Gasteiger partial charge in [0.05, 0.1) is 22.3 Å². The van der Waals surface area contributed by atoms with Gasteiger partial charge in [-0.1, -0.05) is 36.7 Å². The van der Waals surface area contributed by atoms with Gasteiger partial charge in [0.25, 0.3) is 11.8 Å². The molecule has 1 heterocycles. The van der Waals surface area contributed by atoms with Crippen molar-refractivity contribution in [2.75, 3.05) is 17.2 Å². The average Bonchev–Trinajstić information content (AvgIpc) is 3.99. The first-order valence-corrected chi connectivity index (χ1v) is 17.7. The molecule has 3 atom stereocenters. The Hall–Kier alpha value is -4.66. The van der Waals surface area contributed by atoms with Crippen LogP contribution in [0.15, 0.2) is 41.6 Å². The molecule has 0 aromatic heterocycles. The van der Waals surface area contributed by atoms with Crippen molar-refractivity contribution in [2.45, 2.75) is 83.1 Å². The van der Waals surface area contributed by atoms with Crippen molar-refractivity contribution < 1.29 is 37.6 Å². The van der Waals surface area contributed by atoms with Gasteiger partial charge in [0.15, 0.2) is 5.71 Å². The second-order valence-electron chi connectivity index (χ2n) is 14.7. The molecule has 6 N–H and O–H groups in total. The second-order valence-corrected chi connectivity index (χ2v) is 15.1. The van der Waals surface area contributed by atoms with E-state index in [0.29, 0.717) is 11.3 Å². The summed E-state index contributed by atoms with van der Waals surface area (Å²) in [5.74, 6) is -1.49. The molecule has 12 nitrogen and oxygen atoms in total. The molecule has 52 heavy (non-hydrogen) atoms. The molecule has 5 amide bonds. The molecule has 0 radical (unpaired) electrons. The Morgan fingerprint density at radius 2 is 1.63 bits per heavy atom. The Bertz CT molecular complexity index is 1830. The van der Waals surface area contributed by atoms with Crippen LogP contribution in [0.3, 0.4) is 0 Å². The third-order valence-corrected chi connectivity index (χ3v) is 10.9. The van der Waals surface area contributed by atoms with Crippen LogP contribution in [-0.2, 0) is 33.4 Å². The number of oxime groups is 1. The fourth-order valence-electron chi connectivity index (χ4n) is 7.53. The van der Waals surface area contributed by atoms with Gasteiger partial charge in [0, 0.05) is 30.8 Å². The van der Waals surface area contributed by atoms with Crippen molar-refractivity contribution in [2.24, 2.45) is 28.8 Å². The predicted octanol–water partition coefficient (Wildman–Crippen LogP) is 5.61. The summed E-state index contributed by atoms with van der Waals surface area (Å²) in [6, 6.07) is 6.42. The molecular formula is C36H41ClF3N7O5. The molecule has 1 unspecified atom stereocenters. The van der Waals surface area contributed by atoms with E-state index in [1.165, 1.54) is 11.8 Å². The van der Waals surface area contributed by atoms with Crippen LogP contribution in [0.1, 0.15) is 63.1 Å². The zero-order chi connectivity index (χ0) is 37.7. The van der Waals surface area contributed by atoms with Crippen LogP contribution in [0.25, 0.3) is 0 Å². The highest BCUT2D eigenvalue weighted by atomic mass is 35.5. The first kappa shape index (κ1) is 37.1. The molecule has 278 valence electrons. The molecule has 16 heteroatoms. The topological polar surface area (TPSA) is 176 Å². The number of urea groups is 1. The molecule has 2 aromatic carbocycles. The van der Waals surface area contributed by atoms with Crippen LogP contribution in [0.4, 0.5) is 29.3 Å². The second kappa shape index (κ2) is 14.1. The Labute approximate surface area is 303 Å². The third kappa shape index (κ3) is 7.46. The lowest BCUT2D eigenvalue weighted by Crippen LogP contribution is -2.59. The van der Waals surface area contributed by atoms with E-state index in [1.54, 1.807) is 18.2 Å². The minimum Gasteiger partial charge on any atom is -0.410 e. The molecule has 2 saturated carbocycles. The number of rotatable bonds is 12. The molecule has 4 aliphatic rings. The van der Waals surface area contributed by atoms with Crippen LogP contribution in [0.5, 0.6) is 0 Å². The van der Waals surface area contributed by atoms with Gasteiger partial charge in [-0.25, -0.2) is 4.79 Å². The van der Waals surface area contributed by atoms with Gasteiger partial charge in [0.2, 0.25) is 5.91 Å². The van der Waals surface area contributed by atoms with Crippen LogP contribution in [0.2, 0.25) is 5.02 Å². The standard InChI is InChI=1S/C36H41ClF3N7O5/c1-17(2)27-16-47(34(51)44-27)35(33(50)43-24-10-11-25(26(37)13-24)36(38,39)40)14-21-8-9-23(12-22(21)15-35)42-32(49)30(28(19-4-5-19)20-6-7-20)45-31(48)29(46-52)18(3)41/h8-13,17,19-20,27-28,30,41,52H,4-7,14-16H2,1-3H3,(H,42,49)(H,43,50)(H,44,51)(H,45,48)/b41-18?,46-29+/t27-,30-,35?/m0/s1. The number of hydrogen-bond donors (Lipinski definition) is 6. The van der Waals surface area contributed by atoms with Gasteiger partial charge >= 0.3 is 12.2 Å². The highest BCUT2D eigenvalue weighted by molar-refractivity contribution is 6.65. The van der Waals surface area contributed by atoms with Crippen molar-refractivity contribution in [1.82, 2.24) is 15.5 Å². The highest BCUT2D eigenvalue weighted by Gasteiger charge is 2.54. The molecule has 0 bridgehead atoms. The predicted molar refractivity (Wildman–Crippen MR) is 188 cm³/mol. The van der Waals surface area contributed by atoms with Crippen molar-refractivity contribution in [3.63, 3.8) is 0 Å². The van der Waals surface area contributed by atoms with Crippen LogP contribution < -0.4 is 21.3 Å². The Balaban J connectivity index is 1.27. The first-order valence-electron chi connectivity index (χ1n) is 17.3. The number of carbonyl (C=O) groups excluding carboxylic acids is 4. The monoisotopic (exact) mass is 743 g/mol. The quantitative estimate of drug-likeness (QED) is 0.0939. The van der Waals surface area contributed by atoms with E-state index in [2.05, 4.69) is 26.4 Å². The van der Waals surface area contributed by atoms with Crippen molar-refractivity contribution >= 4 is 58.2 Å². The number of anilines is 2. The van der Waals surface area contributed by atoms with Gasteiger partial charge in [-0.05, 0) is 97.7 Å². The van der Waals surface area contributed by atoms with Crippen LogP contribution in [-0.4, -0.2) is 69.5 Å². The van der Waals surface area contributed by atoms with Gasteiger partial charge in [-0.2, -0.15) is 13.2 Å². The lowest BCUT2D eigenvalue weighted by molar-refractivity contribution is -0.137. The van der Waals surface area contributed by atoms with E-state index in [-0.39, 0.29) is 60.5 Å². The molecule has 6 rings (SSSR count). The highest BCUT2D eigenvalue weighted by Crippen LogP contribution is 2.51. The summed E-state index contributed by atoms with van der Waals surface area (Å²) >= 11 is 5.95. The largest absolute Gasteiger partial charge is 0.417 e. The molecule has 2 aromatic rings. The third-order valence-electron chi connectivity index (χ3n) is 10.6. The van der Waals surface area contributed by atoms with Crippen LogP contribution >= 0.6 is 11.6 Å². The van der Waals surface area contributed by atoms with Crippen molar-refractivity contribution in [3.05, 3.63) is 58.1 Å². The van der Waals surface area contributed by atoms with E-state index in [0.717, 1.165) is 49.4 Å². The molecule has 1 saturated heterocycles. The molecule has 3 aliphatic carbocycles. The number of carbonyl (C=O) groups is 4. The summed E-state index contributed by atoms with van der Waals surface area (Å²) in [4.78, 5) is 56.1. The van der Waals surface area contributed by atoms with Gasteiger partial charge in [-0.15, -0.1) is 0 Å². The number of fused-ring (bicyclic) bond motifs is 1. The summed E-state index contributed by atoms with van der Waals surface area (Å²) in [6.07, 6.45) is -0.829. The molecular weight excluding hydrogens is 703 g/mol. The maximum absolute atomic E-state index is 14.3. The summed E-state index contributed by atoms with van der Waals surface area (Å²) < 4.78 is 40.1. The number of halogens is 4. The van der Waals surface area contributed by atoms with E-state index in [1.807, 2.05) is 13.8 Å². The zero-order valence-corrected chi connectivity index (χ0v) is 29.6. The number of hydrogen-bond acceptors (Lipinski definition) is 7.